The molecule has 0 unspecified atom stereocenters. The minimum absolute atomic E-state index is 0.0644. The first-order valence-electron chi connectivity index (χ1n) is 24.1. The summed E-state index contributed by atoms with van der Waals surface area (Å²) >= 11 is 0. The molecule has 6 N–H and O–H groups in total. The number of aliphatic hydroxyl groups excluding tert-OH is 2. The molecule has 2 saturated heterocycles. The standard InChI is InChI=1S/C28H33F2N2O8P.C22H30FN4O8P/c1-17(2)38-24(34)19(4)31-41(36,40-22-12-8-10-20-9-6-7-11-21(20)22)37-16-28(30)25(35)27(5,29)26(39-28)32-14-13-18(3)15-23(32)33;1-13(2)33-19(29)14(3)26-36(31,35-15-8-6-5-7-9-15)32-12-16-18(28)22(4,23)20(34-16)27-11-10-17(24)25-21(27)30/h6-14,17,19,25-26,35H,3,15-16H2,1-2,4-5H3,(H,31,36);5-11,13-14,16,18,20,28H,12H2,1-4H3,(H,26,31)(H2,24,25,30)/t19-,25-,26+,27+,28+,41-;14-,16+,18+,20+,22+,36-/m00/s1. The number of amides is 1. The van der Waals surface area contributed by atoms with Crippen LogP contribution in [0.2, 0.25) is 0 Å². The van der Waals surface area contributed by atoms with Crippen molar-refractivity contribution in [2.24, 2.45) is 0 Å². The number of nitrogen functional groups attached to an aromatic ring is 1. The number of benzene rings is 3. The van der Waals surface area contributed by atoms with Gasteiger partial charge >= 0.3 is 33.1 Å². The number of allylic oxidation sites excluding steroid dienone is 1. The largest absolute Gasteiger partial charge is 0.462 e. The van der Waals surface area contributed by atoms with Crippen molar-refractivity contribution in [2.75, 3.05) is 18.9 Å². The fourth-order valence-corrected chi connectivity index (χ4v) is 11.0. The monoisotopic (exact) mass is 1120 g/mol. The minimum atomic E-state index is -4.65. The second kappa shape index (κ2) is 24.4. The fourth-order valence-electron chi connectivity index (χ4n) is 7.94. The number of hydrogen-bond donors (Lipinski definition) is 5. The van der Waals surface area contributed by atoms with Gasteiger partial charge in [0, 0.05) is 17.8 Å². The first kappa shape index (κ1) is 60.3. The van der Waals surface area contributed by atoms with Gasteiger partial charge in [-0.2, -0.15) is 15.2 Å². The number of halogens is 3. The SMILES string of the molecule is C=C1C=CN([C@@H]2O[C@](F)(CO[P@@](=O)(N[C@@H](C)C(=O)OC(C)C)Oc3cccc4ccccc34)[C@@H](O)[C@@]2(C)F)C(=O)C1.CC(C)OC(=O)[C@H](C)N[P@](=O)(OC[C@H]1O[C@@H](n2ccc(N)nc2=O)[C@](C)(F)[C@@H]1O)Oc1ccccc1. The minimum Gasteiger partial charge on any atom is -0.462 e. The van der Waals surface area contributed by atoms with Crippen molar-refractivity contribution >= 4 is 49.9 Å². The Labute approximate surface area is 441 Å². The summed E-state index contributed by atoms with van der Waals surface area (Å²) in [4.78, 5) is 53.8. The van der Waals surface area contributed by atoms with Crippen molar-refractivity contribution in [1.29, 1.82) is 0 Å². The molecule has 0 aliphatic carbocycles. The van der Waals surface area contributed by atoms with Crippen LogP contribution >= 0.6 is 15.5 Å². The molecule has 0 spiro atoms. The van der Waals surface area contributed by atoms with Gasteiger partial charge in [-0.05, 0) is 96.7 Å². The fraction of sp³-hybridized carbons (Fsp3) is 0.460. The average Bonchev–Trinajstić information content (AvgIpc) is 3.68. The molecule has 3 aliphatic heterocycles. The number of fused-ring (bicyclic) bond motifs is 1. The van der Waals surface area contributed by atoms with Crippen molar-refractivity contribution in [3.8, 4) is 11.5 Å². The van der Waals surface area contributed by atoms with Crippen molar-refractivity contribution in [2.45, 2.75) is 134 Å². The lowest BCUT2D eigenvalue weighted by Gasteiger charge is -2.33. The maximum Gasteiger partial charge on any atom is 0.459 e. The molecular weight excluding hydrogens is 1060 g/mol. The number of ether oxygens (including phenoxy) is 4. The number of rotatable bonds is 20. The van der Waals surface area contributed by atoms with E-state index in [4.69, 9.17) is 42.8 Å². The Balaban J connectivity index is 0.000000252. The molecule has 1 amide bonds. The van der Waals surface area contributed by atoms with Gasteiger partial charge in [0.1, 0.15) is 48.2 Å². The number of alkyl halides is 3. The molecule has 4 heterocycles. The van der Waals surface area contributed by atoms with Gasteiger partial charge < -0.3 is 43.9 Å². The Kier molecular flexibility index (Phi) is 19.1. The molecule has 77 heavy (non-hydrogen) atoms. The number of nitrogens with one attached hydrogen (secondary N) is 2. The highest BCUT2D eigenvalue weighted by molar-refractivity contribution is 7.52. The van der Waals surface area contributed by atoms with E-state index in [1.807, 2.05) is 0 Å². The van der Waals surface area contributed by atoms with E-state index in [9.17, 15) is 38.5 Å². The number of para-hydroxylation sites is 1. The predicted octanol–water partition coefficient (Wildman–Crippen LogP) is 6.63. The number of anilines is 1. The van der Waals surface area contributed by atoms with Gasteiger partial charge in [-0.3, -0.25) is 32.9 Å². The van der Waals surface area contributed by atoms with Crippen molar-refractivity contribution in [3.05, 3.63) is 120 Å². The van der Waals surface area contributed by atoms with Crippen LogP contribution in [0.4, 0.5) is 19.0 Å². The maximum absolute atomic E-state index is 16.1. The molecule has 22 nitrogen and oxygen atoms in total. The highest BCUT2D eigenvalue weighted by atomic mass is 31.2. The molecule has 420 valence electrons. The molecule has 3 aromatic carbocycles. The molecule has 4 aromatic rings. The summed E-state index contributed by atoms with van der Waals surface area (Å²) in [7, 11) is -8.93. The molecule has 1 aromatic heterocycles. The van der Waals surface area contributed by atoms with E-state index < -0.39 is 124 Å². The van der Waals surface area contributed by atoms with Crippen LogP contribution in [0.25, 0.3) is 10.8 Å². The number of hydrogen-bond acceptors (Lipinski definition) is 18. The topological polar surface area (TPSA) is 288 Å². The third-order valence-corrected chi connectivity index (χ3v) is 15.1. The van der Waals surface area contributed by atoms with E-state index in [0.29, 0.717) is 11.0 Å². The molecular formula is C50H63F3N6O16P2. The number of nitrogens with zero attached hydrogens (tertiary/aromatic N) is 3. The van der Waals surface area contributed by atoms with Gasteiger partial charge in [-0.1, -0.05) is 61.2 Å². The third-order valence-electron chi connectivity index (χ3n) is 11.8. The van der Waals surface area contributed by atoms with Gasteiger partial charge in [-0.15, -0.1) is 0 Å². The quantitative estimate of drug-likeness (QED) is 0.0458. The number of nitrogens with two attached hydrogens (primary N) is 1. The molecule has 0 radical (unpaired) electrons. The summed E-state index contributed by atoms with van der Waals surface area (Å²) in [5, 5.41) is 27.4. The molecule has 0 bridgehead atoms. The number of aromatic nitrogens is 2. The summed E-state index contributed by atoms with van der Waals surface area (Å²) in [6, 6.07) is 18.9. The van der Waals surface area contributed by atoms with Gasteiger partial charge in [-0.25, -0.2) is 27.1 Å². The number of carbonyl (C=O) groups is 3. The normalized spacial score (nSPS) is 27.6. The average molecular weight is 1120 g/mol. The smallest absolute Gasteiger partial charge is 0.459 e. The van der Waals surface area contributed by atoms with E-state index >= 15 is 13.2 Å². The lowest BCUT2D eigenvalue weighted by atomic mass is 9.96. The third kappa shape index (κ3) is 14.6. The zero-order valence-corrected chi connectivity index (χ0v) is 45.1. The molecule has 3 aliphatic rings. The van der Waals surface area contributed by atoms with Crippen molar-refractivity contribution < 1.29 is 83.9 Å². The predicted molar refractivity (Wildman–Crippen MR) is 273 cm³/mol. The van der Waals surface area contributed by atoms with E-state index in [2.05, 4.69) is 21.7 Å². The zero-order valence-electron chi connectivity index (χ0n) is 43.3. The number of esters is 2. The number of aliphatic hydroxyl groups is 2. The van der Waals surface area contributed by atoms with Crippen LogP contribution in [0.3, 0.4) is 0 Å². The molecule has 0 saturated carbocycles. The molecule has 7 rings (SSSR count). The first-order valence-corrected chi connectivity index (χ1v) is 27.2. The van der Waals surface area contributed by atoms with Crippen LogP contribution in [-0.2, 0) is 51.5 Å². The van der Waals surface area contributed by atoms with Gasteiger partial charge in [0.25, 0.3) is 5.85 Å². The molecule has 27 heteroatoms. The maximum atomic E-state index is 16.1. The second-order valence-electron chi connectivity index (χ2n) is 19.1. The van der Waals surface area contributed by atoms with Crippen molar-refractivity contribution in [3.63, 3.8) is 0 Å². The Morgan fingerprint density at radius 2 is 1.42 bits per heavy atom. The van der Waals surface area contributed by atoms with Gasteiger partial charge in [0.15, 0.2) is 29.9 Å². The van der Waals surface area contributed by atoms with E-state index in [-0.39, 0.29) is 23.7 Å². The van der Waals surface area contributed by atoms with E-state index in [1.165, 1.54) is 56.6 Å². The Morgan fingerprint density at radius 3 is 2.01 bits per heavy atom. The highest BCUT2D eigenvalue weighted by Crippen LogP contribution is 2.52. The van der Waals surface area contributed by atoms with Crippen LogP contribution in [0.5, 0.6) is 11.5 Å². The summed E-state index contributed by atoms with van der Waals surface area (Å²) in [6.07, 6.45) is -6.25. The van der Waals surface area contributed by atoms with Crippen LogP contribution in [0.1, 0.15) is 68.0 Å². The Bertz CT molecular complexity index is 2970. The van der Waals surface area contributed by atoms with Gasteiger partial charge in [0.2, 0.25) is 5.91 Å². The van der Waals surface area contributed by atoms with Gasteiger partial charge in [0.05, 0.1) is 25.2 Å². The van der Waals surface area contributed by atoms with E-state index in [0.717, 1.165) is 28.7 Å². The lowest BCUT2D eigenvalue weighted by Crippen LogP contribution is -2.51. The zero-order chi connectivity index (χ0) is 56.8. The highest BCUT2D eigenvalue weighted by Gasteiger charge is 2.66. The van der Waals surface area contributed by atoms with Crippen LogP contribution in [0, 0.1) is 0 Å². The summed E-state index contributed by atoms with van der Waals surface area (Å²) in [6.45, 7) is 13.0. The summed E-state index contributed by atoms with van der Waals surface area (Å²) < 4.78 is 119. The number of carbonyl (C=O) groups excluding carboxylic acids is 3. The Morgan fingerprint density at radius 1 is 0.831 bits per heavy atom. The van der Waals surface area contributed by atoms with E-state index in [1.54, 1.807) is 82.3 Å². The Hall–Kier alpha value is -5.98. The molecule has 2 fully saturated rings. The molecule has 12 atom stereocenters. The lowest BCUT2D eigenvalue weighted by molar-refractivity contribution is -0.209. The summed E-state index contributed by atoms with van der Waals surface area (Å²) in [5.74, 6) is -5.18. The van der Waals surface area contributed by atoms with Crippen LogP contribution < -0.4 is 30.6 Å². The second-order valence-corrected chi connectivity index (χ2v) is 22.5. The van der Waals surface area contributed by atoms with Crippen LogP contribution in [-0.4, -0.2) is 122 Å². The van der Waals surface area contributed by atoms with Crippen molar-refractivity contribution in [1.82, 2.24) is 24.6 Å². The van der Waals surface area contributed by atoms with Crippen LogP contribution in [0.15, 0.2) is 114 Å². The first-order chi connectivity index (χ1) is 36.0. The summed E-state index contributed by atoms with van der Waals surface area (Å²) in [5.41, 5.74) is -0.173.